The minimum atomic E-state index is -4.30. The van der Waals surface area contributed by atoms with Crippen molar-refractivity contribution in [3.05, 3.63) is 23.8 Å². The molecular formula is C14H23F3N2O. The first-order valence-electron chi connectivity index (χ1n) is 6.77. The van der Waals surface area contributed by atoms with Crippen molar-refractivity contribution in [2.24, 2.45) is 0 Å². The molecule has 1 rings (SSSR count). The van der Waals surface area contributed by atoms with Crippen LogP contribution in [0.5, 0.6) is 0 Å². The zero-order chi connectivity index (χ0) is 15.8. The molecular weight excluding hydrogens is 269 g/mol. The van der Waals surface area contributed by atoms with E-state index in [4.69, 9.17) is 0 Å². The highest BCUT2D eigenvalue weighted by atomic mass is 19.4. The number of hydrogen-bond donors (Lipinski definition) is 0. The number of alkyl halides is 3. The zero-order valence-electron chi connectivity index (χ0n) is 12.5. The van der Waals surface area contributed by atoms with E-state index in [2.05, 4.69) is 0 Å². The molecule has 0 aromatic carbocycles. The van der Waals surface area contributed by atoms with Crippen LogP contribution in [0.25, 0.3) is 0 Å². The standard InChI is InChI=1S/C12H17F3N2O.C2H6/c1-3-4-5-10(2)11(18)16-6-8-17(9-7-16)12(13,14)15;1-2/h3-5H,6-9H2,1-2H3;1-2H3/b4-3-,10-5+;. The van der Waals surface area contributed by atoms with Crippen molar-refractivity contribution >= 4 is 5.91 Å². The molecule has 0 N–H and O–H groups in total. The Bertz CT molecular complexity index is 354. The quantitative estimate of drug-likeness (QED) is 0.443. The Morgan fingerprint density at radius 1 is 1.10 bits per heavy atom. The molecule has 0 atom stereocenters. The second-order valence-electron chi connectivity index (χ2n) is 4.12. The predicted molar refractivity (Wildman–Crippen MR) is 74.1 cm³/mol. The van der Waals surface area contributed by atoms with Gasteiger partial charge in [0.2, 0.25) is 5.91 Å². The summed E-state index contributed by atoms with van der Waals surface area (Å²) in [6, 6.07) is 0. The maximum absolute atomic E-state index is 12.4. The summed E-state index contributed by atoms with van der Waals surface area (Å²) in [5.74, 6) is -0.199. The van der Waals surface area contributed by atoms with Crippen molar-refractivity contribution in [1.29, 1.82) is 0 Å². The van der Waals surface area contributed by atoms with Crippen LogP contribution in [0.2, 0.25) is 0 Å². The largest absolute Gasteiger partial charge is 0.460 e. The third kappa shape index (κ3) is 5.77. The van der Waals surface area contributed by atoms with Crippen molar-refractivity contribution in [3.8, 4) is 0 Å². The first kappa shape index (κ1) is 18.7. The summed E-state index contributed by atoms with van der Waals surface area (Å²) in [5, 5.41) is 0. The molecule has 0 bridgehead atoms. The second-order valence-corrected chi connectivity index (χ2v) is 4.12. The number of allylic oxidation sites excluding steroid dienone is 3. The topological polar surface area (TPSA) is 23.6 Å². The van der Waals surface area contributed by atoms with Gasteiger partial charge < -0.3 is 4.90 Å². The minimum Gasteiger partial charge on any atom is -0.336 e. The van der Waals surface area contributed by atoms with Gasteiger partial charge in [0.05, 0.1) is 0 Å². The van der Waals surface area contributed by atoms with Gasteiger partial charge in [-0.1, -0.05) is 32.1 Å². The molecule has 1 amide bonds. The van der Waals surface area contributed by atoms with E-state index in [-0.39, 0.29) is 32.1 Å². The summed E-state index contributed by atoms with van der Waals surface area (Å²) >= 11 is 0. The van der Waals surface area contributed by atoms with Gasteiger partial charge in [-0.2, -0.15) is 13.2 Å². The fourth-order valence-electron chi connectivity index (χ4n) is 1.72. The average Bonchev–Trinajstić information content (AvgIpc) is 2.45. The zero-order valence-corrected chi connectivity index (χ0v) is 12.5. The Kier molecular flexibility index (Phi) is 8.22. The lowest BCUT2D eigenvalue weighted by atomic mass is 10.2. The van der Waals surface area contributed by atoms with Crippen molar-refractivity contribution < 1.29 is 18.0 Å². The molecule has 0 aromatic rings. The third-order valence-corrected chi connectivity index (χ3v) is 2.80. The molecule has 1 fully saturated rings. The minimum absolute atomic E-state index is 0.110. The Morgan fingerprint density at radius 2 is 1.60 bits per heavy atom. The molecule has 1 saturated heterocycles. The summed E-state index contributed by atoms with van der Waals surface area (Å²) in [7, 11) is 0. The van der Waals surface area contributed by atoms with Crippen LogP contribution in [-0.4, -0.2) is 48.2 Å². The van der Waals surface area contributed by atoms with E-state index >= 15 is 0 Å². The molecule has 0 saturated carbocycles. The lowest BCUT2D eigenvalue weighted by Gasteiger charge is -2.35. The Balaban J connectivity index is 0.00000172. The summed E-state index contributed by atoms with van der Waals surface area (Å²) in [5.41, 5.74) is 0.536. The Morgan fingerprint density at radius 3 is 2.00 bits per heavy atom. The predicted octanol–water partition coefficient (Wildman–Crippen LogP) is 3.20. The van der Waals surface area contributed by atoms with Gasteiger partial charge in [0.15, 0.2) is 0 Å². The number of piperazine rings is 1. The van der Waals surface area contributed by atoms with E-state index in [0.717, 1.165) is 0 Å². The van der Waals surface area contributed by atoms with Crippen LogP contribution < -0.4 is 0 Å². The average molecular weight is 292 g/mol. The smallest absolute Gasteiger partial charge is 0.336 e. The van der Waals surface area contributed by atoms with Gasteiger partial charge in [0, 0.05) is 31.8 Å². The lowest BCUT2D eigenvalue weighted by molar-refractivity contribution is -0.251. The van der Waals surface area contributed by atoms with Crippen molar-refractivity contribution in [2.45, 2.75) is 34.0 Å². The van der Waals surface area contributed by atoms with Crippen LogP contribution in [0.4, 0.5) is 13.2 Å². The normalized spacial score (nSPS) is 17.9. The highest BCUT2D eigenvalue weighted by Crippen LogP contribution is 2.22. The molecule has 0 unspecified atom stereocenters. The number of hydrogen-bond acceptors (Lipinski definition) is 2. The Labute approximate surface area is 118 Å². The van der Waals surface area contributed by atoms with Crippen LogP contribution in [0.3, 0.4) is 0 Å². The highest BCUT2D eigenvalue weighted by Gasteiger charge is 2.39. The van der Waals surface area contributed by atoms with E-state index in [1.165, 1.54) is 4.90 Å². The summed E-state index contributed by atoms with van der Waals surface area (Å²) < 4.78 is 37.2. The lowest BCUT2D eigenvalue weighted by Crippen LogP contribution is -2.53. The van der Waals surface area contributed by atoms with Crippen molar-refractivity contribution in [1.82, 2.24) is 9.80 Å². The molecule has 20 heavy (non-hydrogen) atoms. The molecule has 6 heteroatoms. The van der Waals surface area contributed by atoms with E-state index in [0.29, 0.717) is 10.5 Å². The third-order valence-electron chi connectivity index (χ3n) is 2.80. The van der Waals surface area contributed by atoms with Gasteiger partial charge in [0.25, 0.3) is 0 Å². The molecule has 1 heterocycles. The van der Waals surface area contributed by atoms with Gasteiger partial charge in [-0.05, 0) is 13.8 Å². The van der Waals surface area contributed by atoms with Gasteiger partial charge in [0.1, 0.15) is 0 Å². The number of amides is 1. The summed E-state index contributed by atoms with van der Waals surface area (Å²) in [6.45, 7) is 7.39. The molecule has 1 aliphatic rings. The first-order valence-corrected chi connectivity index (χ1v) is 6.77. The highest BCUT2D eigenvalue weighted by molar-refractivity contribution is 5.93. The summed E-state index contributed by atoms with van der Waals surface area (Å²) in [6.07, 6.45) is 0.890. The van der Waals surface area contributed by atoms with E-state index in [1.54, 1.807) is 25.2 Å². The fourth-order valence-corrected chi connectivity index (χ4v) is 1.72. The molecule has 116 valence electrons. The second kappa shape index (κ2) is 8.79. The Hall–Kier alpha value is -1.30. The number of rotatable bonds is 2. The van der Waals surface area contributed by atoms with E-state index in [9.17, 15) is 18.0 Å². The van der Waals surface area contributed by atoms with Crippen LogP contribution in [-0.2, 0) is 4.79 Å². The number of carbonyl (C=O) groups is 1. The molecule has 3 nitrogen and oxygen atoms in total. The van der Waals surface area contributed by atoms with Crippen LogP contribution in [0, 0.1) is 0 Å². The number of halogens is 3. The van der Waals surface area contributed by atoms with Crippen molar-refractivity contribution in [3.63, 3.8) is 0 Å². The SMILES string of the molecule is C/C=C\C=C(/C)C(=O)N1CCN(C(F)(F)F)CC1.CC. The number of carbonyl (C=O) groups excluding carboxylic acids is 1. The van der Waals surface area contributed by atoms with E-state index in [1.807, 2.05) is 20.8 Å². The molecule has 1 aliphatic heterocycles. The van der Waals surface area contributed by atoms with Gasteiger partial charge >= 0.3 is 6.30 Å². The molecule has 0 aromatic heterocycles. The number of nitrogens with zero attached hydrogens (tertiary/aromatic N) is 2. The van der Waals surface area contributed by atoms with E-state index < -0.39 is 6.30 Å². The van der Waals surface area contributed by atoms with Crippen LogP contribution in [0.1, 0.15) is 27.7 Å². The molecule has 0 spiro atoms. The van der Waals surface area contributed by atoms with Gasteiger partial charge in [-0.3, -0.25) is 4.79 Å². The molecule has 0 aliphatic carbocycles. The van der Waals surface area contributed by atoms with Crippen molar-refractivity contribution in [2.75, 3.05) is 26.2 Å². The maximum atomic E-state index is 12.4. The van der Waals surface area contributed by atoms with Crippen LogP contribution >= 0.6 is 0 Å². The van der Waals surface area contributed by atoms with Crippen LogP contribution in [0.15, 0.2) is 23.8 Å². The molecule has 0 radical (unpaired) electrons. The monoisotopic (exact) mass is 292 g/mol. The fraction of sp³-hybridized carbons (Fsp3) is 0.643. The summed E-state index contributed by atoms with van der Waals surface area (Å²) in [4.78, 5) is 13.8. The maximum Gasteiger partial charge on any atom is 0.460 e. The first-order chi connectivity index (χ1) is 9.36. The van der Waals surface area contributed by atoms with Gasteiger partial charge in [-0.15, -0.1) is 0 Å². The van der Waals surface area contributed by atoms with Gasteiger partial charge in [-0.25, -0.2) is 4.90 Å².